The first kappa shape index (κ1) is 13.2. The highest BCUT2D eigenvalue weighted by Gasteiger charge is 2.19. The lowest BCUT2D eigenvalue weighted by Crippen LogP contribution is -2.40. The third kappa shape index (κ3) is 2.86. The van der Waals surface area contributed by atoms with Gasteiger partial charge in [-0.15, -0.1) is 12.6 Å². The molecule has 2 aromatic rings. The summed E-state index contributed by atoms with van der Waals surface area (Å²) in [5.74, 6) is 1.93. The molecule has 0 spiro atoms. The molecule has 1 aliphatic heterocycles. The Hall–Kier alpha value is -1.79. The van der Waals surface area contributed by atoms with E-state index >= 15 is 0 Å². The Bertz CT molecular complexity index is 593. The van der Waals surface area contributed by atoms with Crippen LogP contribution in [0, 0.1) is 0 Å². The number of nitrogen functional groups attached to an aromatic ring is 1. The number of hydrogen-bond donors (Lipinski definition) is 2. The second kappa shape index (κ2) is 5.68. The first-order chi connectivity index (χ1) is 9.72. The number of morpholine rings is 1. The van der Waals surface area contributed by atoms with Gasteiger partial charge in [0.05, 0.1) is 13.2 Å². The number of anilines is 2. The number of thiol groups is 1. The third-order valence-electron chi connectivity index (χ3n) is 3.14. The van der Waals surface area contributed by atoms with E-state index in [0.29, 0.717) is 24.8 Å². The zero-order valence-corrected chi connectivity index (χ0v) is 11.8. The molecular weight excluding hydrogens is 272 g/mol. The van der Waals surface area contributed by atoms with Crippen LogP contribution in [0.3, 0.4) is 0 Å². The molecule has 5 nitrogen and oxygen atoms in total. The molecule has 1 aromatic carbocycles. The molecule has 0 aliphatic carbocycles. The van der Waals surface area contributed by atoms with Crippen molar-refractivity contribution in [2.75, 3.05) is 30.3 Å². The van der Waals surface area contributed by atoms with E-state index in [0.717, 1.165) is 17.9 Å². The molecule has 1 atom stereocenters. The van der Waals surface area contributed by atoms with Gasteiger partial charge in [-0.25, -0.2) is 9.97 Å². The molecule has 104 valence electrons. The Morgan fingerprint density at radius 3 is 2.80 bits per heavy atom. The van der Waals surface area contributed by atoms with Gasteiger partial charge in [0.15, 0.2) is 5.82 Å². The SMILES string of the molecule is Nc1cc(N2CCOC(S)C2)nc(-c2ccccc2)n1. The maximum Gasteiger partial charge on any atom is 0.163 e. The monoisotopic (exact) mass is 288 g/mol. The van der Waals surface area contributed by atoms with E-state index in [4.69, 9.17) is 10.5 Å². The van der Waals surface area contributed by atoms with Crippen molar-refractivity contribution in [2.24, 2.45) is 0 Å². The molecule has 1 aromatic heterocycles. The minimum atomic E-state index is -0.0971. The van der Waals surface area contributed by atoms with Crippen molar-refractivity contribution < 1.29 is 4.74 Å². The van der Waals surface area contributed by atoms with E-state index in [-0.39, 0.29) is 5.44 Å². The summed E-state index contributed by atoms with van der Waals surface area (Å²) in [5.41, 5.74) is 6.77. The predicted molar refractivity (Wildman–Crippen MR) is 82.8 cm³/mol. The van der Waals surface area contributed by atoms with Gasteiger partial charge < -0.3 is 15.4 Å². The van der Waals surface area contributed by atoms with Crippen LogP contribution in [0.25, 0.3) is 11.4 Å². The highest BCUT2D eigenvalue weighted by atomic mass is 32.1. The molecule has 3 rings (SSSR count). The van der Waals surface area contributed by atoms with E-state index in [9.17, 15) is 0 Å². The second-order valence-corrected chi connectivity index (χ2v) is 5.19. The molecule has 20 heavy (non-hydrogen) atoms. The first-order valence-corrected chi connectivity index (χ1v) is 6.98. The Kier molecular flexibility index (Phi) is 3.75. The number of hydrogen-bond acceptors (Lipinski definition) is 6. The largest absolute Gasteiger partial charge is 0.384 e. The third-order valence-corrected chi connectivity index (χ3v) is 3.45. The average Bonchev–Trinajstić information content (AvgIpc) is 2.47. The van der Waals surface area contributed by atoms with Gasteiger partial charge in [-0.3, -0.25) is 0 Å². The maximum absolute atomic E-state index is 5.91. The predicted octanol–water partition coefficient (Wildman–Crippen LogP) is 1.82. The van der Waals surface area contributed by atoms with Crippen LogP contribution < -0.4 is 10.6 Å². The molecule has 0 radical (unpaired) electrons. The molecule has 0 bridgehead atoms. The summed E-state index contributed by atoms with van der Waals surface area (Å²) in [6, 6.07) is 11.6. The lowest BCUT2D eigenvalue weighted by molar-refractivity contribution is 0.0993. The molecule has 1 fully saturated rings. The Morgan fingerprint density at radius 1 is 1.25 bits per heavy atom. The van der Waals surface area contributed by atoms with Crippen LogP contribution in [0.15, 0.2) is 36.4 Å². The van der Waals surface area contributed by atoms with Crippen molar-refractivity contribution in [3.63, 3.8) is 0 Å². The minimum absolute atomic E-state index is 0.0971. The van der Waals surface area contributed by atoms with Crippen molar-refractivity contribution in [2.45, 2.75) is 5.44 Å². The number of aromatic nitrogens is 2. The highest BCUT2D eigenvalue weighted by Crippen LogP contribution is 2.23. The van der Waals surface area contributed by atoms with E-state index in [1.807, 2.05) is 30.3 Å². The number of nitrogens with two attached hydrogens (primary N) is 1. The fraction of sp³-hybridized carbons (Fsp3) is 0.286. The molecule has 1 aliphatic rings. The van der Waals surface area contributed by atoms with Crippen molar-refractivity contribution in [3.8, 4) is 11.4 Å². The van der Waals surface area contributed by atoms with Gasteiger partial charge >= 0.3 is 0 Å². The molecule has 1 saturated heterocycles. The molecule has 0 amide bonds. The molecular formula is C14H16N4OS. The van der Waals surface area contributed by atoms with Crippen molar-refractivity contribution in [1.82, 2.24) is 9.97 Å². The fourth-order valence-corrected chi connectivity index (χ4v) is 2.47. The fourth-order valence-electron chi connectivity index (χ4n) is 2.17. The smallest absolute Gasteiger partial charge is 0.163 e. The normalized spacial score (nSPS) is 19.1. The number of nitrogens with zero attached hydrogens (tertiary/aromatic N) is 3. The van der Waals surface area contributed by atoms with Crippen molar-refractivity contribution in [3.05, 3.63) is 36.4 Å². The molecule has 2 N–H and O–H groups in total. The van der Waals surface area contributed by atoms with Crippen LogP contribution in [-0.2, 0) is 4.74 Å². The summed E-state index contributed by atoms with van der Waals surface area (Å²) < 4.78 is 5.42. The van der Waals surface area contributed by atoms with Gasteiger partial charge in [-0.2, -0.15) is 0 Å². The van der Waals surface area contributed by atoms with Crippen molar-refractivity contribution >= 4 is 24.3 Å². The Balaban J connectivity index is 1.94. The summed E-state index contributed by atoms with van der Waals surface area (Å²) in [6.07, 6.45) is 0. The Labute approximate surface area is 123 Å². The van der Waals surface area contributed by atoms with Crippen LogP contribution in [0.2, 0.25) is 0 Å². The van der Waals surface area contributed by atoms with Crippen LogP contribution in [-0.4, -0.2) is 35.1 Å². The van der Waals surface area contributed by atoms with Gasteiger partial charge in [-0.05, 0) is 0 Å². The second-order valence-electron chi connectivity index (χ2n) is 4.61. The van der Waals surface area contributed by atoms with E-state index in [2.05, 4.69) is 27.5 Å². The van der Waals surface area contributed by atoms with E-state index in [1.54, 1.807) is 6.07 Å². The summed E-state index contributed by atoms with van der Waals surface area (Å²) in [5, 5.41) is 0. The summed E-state index contributed by atoms with van der Waals surface area (Å²) in [4.78, 5) is 11.0. The highest BCUT2D eigenvalue weighted by molar-refractivity contribution is 7.80. The maximum atomic E-state index is 5.91. The van der Waals surface area contributed by atoms with Gasteiger partial charge in [0.2, 0.25) is 0 Å². The summed E-state index contributed by atoms with van der Waals surface area (Å²) in [7, 11) is 0. The van der Waals surface area contributed by atoms with Gasteiger partial charge in [0.1, 0.15) is 17.1 Å². The van der Waals surface area contributed by atoms with Crippen molar-refractivity contribution in [1.29, 1.82) is 0 Å². The van der Waals surface area contributed by atoms with Crippen LogP contribution in [0.4, 0.5) is 11.6 Å². The van der Waals surface area contributed by atoms with E-state index in [1.165, 1.54) is 0 Å². The zero-order valence-electron chi connectivity index (χ0n) is 10.9. The minimum Gasteiger partial charge on any atom is -0.384 e. The van der Waals surface area contributed by atoms with Gasteiger partial charge in [0.25, 0.3) is 0 Å². The van der Waals surface area contributed by atoms with Gasteiger partial charge in [-0.1, -0.05) is 30.3 Å². The number of ether oxygens (including phenoxy) is 1. The Morgan fingerprint density at radius 2 is 2.05 bits per heavy atom. The average molecular weight is 288 g/mol. The molecule has 6 heteroatoms. The lowest BCUT2D eigenvalue weighted by atomic mass is 10.2. The lowest BCUT2D eigenvalue weighted by Gasteiger charge is -2.31. The first-order valence-electron chi connectivity index (χ1n) is 6.47. The number of benzene rings is 1. The molecule has 2 heterocycles. The van der Waals surface area contributed by atoms with E-state index < -0.39 is 0 Å². The number of rotatable bonds is 2. The van der Waals surface area contributed by atoms with Gasteiger partial charge in [0, 0.05) is 18.2 Å². The molecule has 1 unspecified atom stereocenters. The quantitative estimate of drug-likeness (QED) is 0.825. The van der Waals surface area contributed by atoms with Crippen LogP contribution in [0.5, 0.6) is 0 Å². The summed E-state index contributed by atoms with van der Waals surface area (Å²) >= 11 is 4.35. The summed E-state index contributed by atoms with van der Waals surface area (Å²) in [6.45, 7) is 2.11. The van der Waals surface area contributed by atoms with Crippen LogP contribution in [0.1, 0.15) is 0 Å². The topological polar surface area (TPSA) is 64.3 Å². The molecule has 0 saturated carbocycles. The zero-order chi connectivity index (χ0) is 13.9. The standard InChI is InChI=1S/C14H16N4OS/c15-11-8-12(18-6-7-19-13(20)9-18)17-14(16-11)10-4-2-1-3-5-10/h1-5,8,13,20H,6-7,9H2,(H2,15,16,17). The van der Waals surface area contributed by atoms with Crippen LogP contribution >= 0.6 is 12.6 Å².